The molecule has 0 bridgehead atoms. The van der Waals surface area contributed by atoms with Crippen LogP contribution in [0.5, 0.6) is 0 Å². The van der Waals surface area contributed by atoms with Gasteiger partial charge in [-0.3, -0.25) is 0 Å². The van der Waals surface area contributed by atoms with Gasteiger partial charge in [-0.15, -0.1) is 0 Å². The van der Waals surface area contributed by atoms with Gasteiger partial charge in [0.05, 0.1) is 16.8 Å². The molecule has 2 aliphatic carbocycles. The fourth-order valence-electron chi connectivity index (χ4n) is 10.00. The summed E-state index contributed by atoms with van der Waals surface area (Å²) in [5, 5.41) is 2.45. The molecule has 12 rings (SSSR count). The van der Waals surface area contributed by atoms with Crippen molar-refractivity contribution in [1.29, 1.82) is 0 Å². The lowest BCUT2D eigenvalue weighted by molar-refractivity contribution is 0.801. The topological polar surface area (TPSA) is 25.8 Å². The van der Waals surface area contributed by atoms with Crippen molar-refractivity contribution < 1.29 is 0 Å². The monoisotopic (exact) mass is 748 g/mol. The van der Waals surface area contributed by atoms with Crippen LogP contribution in [0.25, 0.3) is 89.2 Å². The number of hydrogen-bond acceptors (Lipinski definition) is 2. The van der Waals surface area contributed by atoms with Crippen LogP contribution in [-0.2, 0) is 5.41 Å². The first-order valence-corrected chi connectivity index (χ1v) is 20.3. The lowest BCUT2D eigenvalue weighted by Crippen LogP contribution is -2.26. The third-order valence-corrected chi connectivity index (χ3v) is 12.5. The number of benzene rings is 9. The summed E-state index contributed by atoms with van der Waals surface area (Å²) >= 11 is 0. The second-order valence-corrected chi connectivity index (χ2v) is 15.6. The van der Waals surface area contributed by atoms with Gasteiger partial charge >= 0.3 is 0 Å². The predicted octanol–water partition coefficient (Wildman–Crippen LogP) is 14.3. The maximum atomic E-state index is 5.51. The van der Waals surface area contributed by atoms with E-state index in [4.69, 9.17) is 9.97 Å². The van der Waals surface area contributed by atoms with Crippen LogP contribution in [0.1, 0.15) is 22.3 Å². The summed E-state index contributed by atoms with van der Waals surface area (Å²) in [5.41, 5.74) is 19.4. The van der Waals surface area contributed by atoms with E-state index in [9.17, 15) is 0 Å². The molecule has 0 saturated heterocycles. The predicted molar refractivity (Wildman–Crippen MR) is 243 cm³/mol. The molecule has 1 aromatic heterocycles. The smallest absolute Gasteiger partial charge is 0.160 e. The summed E-state index contributed by atoms with van der Waals surface area (Å²) in [6.45, 7) is 0. The van der Waals surface area contributed by atoms with E-state index in [1.165, 1.54) is 55.3 Å². The molecule has 274 valence electrons. The van der Waals surface area contributed by atoms with Crippen LogP contribution in [0.3, 0.4) is 0 Å². The van der Waals surface area contributed by atoms with Crippen molar-refractivity contribution in [2.75, 3.05) is 0 Å². The zero-order valence-corrected chi connectivity index (χ0v) is 32.2. The molecule has 0 amide bonds. The highest BCUT2D eigenvalue weighted by atomic mass is 14.9. The van der Waals surface area contributed by atoms with Crippen molar-refractivity contribution in [3.63, 3.8) is 0 Å². The lowest BCUT2D eigenvalue weighted by Gasteiger charge is -2.31. The van der Waals surface area contributed by atoms with E-state index in [-0.39, 0.29) is 0 Å². The van der Waals surface area contributed by atoms with Crippen LogP contribution in [0, 0.1) is 0 Å². The van der Waals surface area contributed by atoms with E-state index >= 15 is 0 Å². The van der Waals surface area contributed by atoms with Crippen molar-refractivity contribution >= 4 is 10.8 Å². The first kappa shape index (κ1) is 33.5. The van der Waals surface area contributed by atoms with Gasteiger partial charge in [-0.1, -0.05) is 188 Å². The Hall–Kier alpha value is -7.68. The number of nitrogens with zero attached hydrogens (tertiary/aromatic N) is 2. The summed E-state index contributed by atoms with van der Waals surface area (Å²) in [7, 11) is 0. The Morgan fingerprint density at radius 3 is 1.37 bits per heavy atom. The SMILES string of the molecule is c1ccc(-c2cc(-c3ccccc3)cc(-c3cc(-c4cc5ccccc5c5c4-c4ccccc4C54c5ccccc5-c5ccccc54)nc(-c4ccccc4)n3)c2)cc1. The van der Waals surface area contributed by atoms with Gasteiger partial charge in [0.2, 0.25) is 0 Å². The van der Waals surface area contributed by atoms with Gasteiger partial charge in [0.15, 0.2) is 5.82 Å². The van der Waals surface area contributed by atoms with E-state index in [0.29, 0.717) is 5.82 Å². The molecule has 1 heterocycles. The molecule has 0 radical (unpaired) electrons. The van der Waals surface area contributed by atoms with E-state index in [1.807, 2.05) is 6.07 Å². The standard InChI is InChI=1S/C57H36N2/c1-4-18-37(19-5-1)41-32-42(38-20-6-2-7-21-38)34-43(33-41)52-36-53(59-56(58-52)39-22-8-3-9-23-39)48-35-40-24-10-11-25-44(40)55-54(48)47-28-14-17-31-51(47)57(55)49-29-15-12-26-45(49)46-27-13-16-30-50(46)57/h1-36H. The van der Waals surface area contributed by atoms with Crippen molar-refractivity contribution in [1.82, 2.24) is 9.97 Å². The Bertz CT molecular complexity index is 3150. The van der Waals surface area contributed by atoms with Crippen molar-refractivity contribution in [2.45, 2.75) is 5.41 Å². The highest BCUT2D eigenvalue weighted by molar-refractivity contribution is 6.08. The second kappa shape index (κ2) is 13.2. The van der Waals surface area contributed by atoms with E-state index in [0.717, 1.165) is 50.3 Å². The van der Waals surface area contributed by atoms with Crippen molar-refractivity contribution in [3.05, 3.63) is 241 Å². The number of fused-ring (bicyclic) bond motifs is 12. The Labute approximate surface area is 343 Å². The molecule has 59 heavy (non-hydrogen) atoms. The molecule has 0 fully saturated rings. The Morgan fingerprint density at radius 2 is 0.763 bits per heavy atom. The maximum absolute atomic E-state index is 5.51. The zero-order valence-electron chi connectivity index (χ0n) is 32.2. The minimum Gasteiger partial charge on any atom is -0.228 e. The molecule has 1 spiro atoms. The van der Waals surface area contributed by atoms with Gasteiger partial charge in [0.25, 0.3) is 0 Å². The summed E-state index contributed by atoms with van der Waals surface area (Å²) in [6.07, 6.45) is 0. The van der Waals surface area contributed by atoms with Crippen molar-refractivity contribution in [2.24, 2.45) is 0 Å². The third kappa shape index (κ3) is 5.06. The van der Waals surface area contributed by atoms with Crippen LogP contribution in [0.15, 0.2) is 218 Å². The Balaban J connectivity index is 1.18. The van der Waals surface area contributed by atoms with E-state index in [1.54, 1.807) is 0 Å². The minimum atomic E-state index is -0.499. The summed E-state index contributed by atoms with van der Waals surface area (Å²) in [6, 6.07) is 79.2. The van der Waals surface area contributed by atoms with E-state index in [2.05, 4.69) is 212 Å². The largest absolute Gasteiger partial charge is 0.228 e. The molecule has 0 N–H and O–H groups in total. The summed E-state index contributed by atoms with van der Waals surface area (Å²) in [4.78, 5) is 10.9. The highest BCUT2D eigenvalue weighted by Crippen LogP contribution is 2.65. The van der Waals surface area contributed by atoms with Gasteiger partial charge in [-0.2, -0.15) is 0 Å². The van der Waals surface area contributed by atoms with Crippen LogP contribution in [-0.4, -0.2) is 9.97 Å². The first-order valence-electron chi connectivity index (χ1n) is 20.3. The molecule has 0 saturated carbocycles. The molecule has 0 unspecified atom stereocenters. The van der Waals surface area contributed by atoms with Gasteiger partial charge in [-0.25, -0.2) is 9.97 Å². The lowest BCUT2D eigenvalue weighted by atomic mass is 9.69. The molecular weight excluding hydrogens is 713 g/mol. The van der Waals surface area contributed by atoms with Crippen LogP contribution in [0.4, 0.5) is 0 Å². The highest BCUT2D eigenvalue weighted by Gasteiger charge is 2.53. The quantitative estimate of drug-likeness (QED) is 0.175. The molecule has 0 aliphatic heterocycles. The van der Waals surface area contributed by atoms with Gasteiger partial charge in [-0.05, 0) is 108 Å². The summed E-state index contributed by atoms with van der Waals surface area (Å²) < 4.78 is 0. The molecular formula is C57H36N2. The van der Waals surface area contributed by atoms with Crippen LogP contribution >= 0.6 is 0 Å². The average molecular weight is 749 g/mol. The average Bonchev–Trinajstić information content (AvgIpc) is 3.80. The molecule has 2 aliphatic rings. The molecule has 9 aromatic carbocycles. The molecule has 2 heteroatoms. The van der Waals surface area contributed by atoms with E-state index < -0.39 is 5.41 Å². The number of hydrogen-bond donors (Lipinski definition) is 0. The second-order valence-electron chi connectivity index (χ2n) is 15.6. The summed E-state index contributed by atoms with van der Waals surface area (Å²) in [5.74, 6) is 0.698. The zero-order chi connectivity index (χ0) is 38.9. The van der Waals surface area contributed by atoms with Crippen molar-refractivity contribution in [3.8, 4) is 78.4 Å². The fraction of sp³-hybridized carbons (Fsp3) is 0.0175. The van der Waals surface area contributed by atoms with Gasteiger partial charge in [0.1, 0.15) is 0 Å². The molecule has 2 nitrogen and oxygen atoms in total. The van der Waals surface area contributed by atoms with Crippen LogP contribution < -0.4 is 0 Å². The maximum Gasteiger partial charge on any atom is 0.160 e. The molecule has 0 atom stereocenters. The van der Waals surface area contributed by atoms with Gasteiger partial charge in [0, 0.05) is 16.7 Å². The van der Waals surface area contributed by atoms with Gasteiger partial charge < -0.3 is 0 Å². The third-order valence-electron chi connectivity index (χ3n) is 12.5. The molecule has 10 aromatic rings. The normalized spacial score (nSPS) is 12.9. The Kier molecular flexibility index (Phi) is 7.48. The number of rotatable bonds is 5. The number of aromatic nitrogens is 2. The minimum absolute atomic E-state index is 0.499. The first-order chi connectivity index (χ1) is 29.3. The Morgan fingerprint density at radius 1 is 0.305 bits per heavy atom. The van der Waals surface area contributed by atoms with Crippen LogP contribution in [0.2, 0.25) is 0 Å². The fourth-order valence-corrected chi connectivity index (χ4v) is 10.00.